The largest absolute Gasteiger partial charge is 0.436 e. The van der Waals surface area contributed by atoms with Crippen molar-refractivity contribution in [1.29, 1.82) is 0 Å². The number of pyridine rings is 1. The Hall–Kier alpha value is -3.77. The fourth-order valence-corrected chi connectivity index (χ4v) is 3.76. The van der Waals surface area contributed by atoms with E-state index >= 15 is 0 Å². The van der Waals surface area contributed by atoms with Crippen molar-refractivity contribution >= 4 is 28.3 Å². The molecule has 0 radical (unpaired) electrons. The number of carbonyl (C=O) groups excluding carboxylic acids is 1. The van der Waals surface area contributed by atoms with Crippen molar-refractivity contribution < 1.29 is 14.3 Å². The number of para-hydroxylation sites is 1. The van der Waals surface area contributed by atoms with Gasteiger partial charge in [-0.1, -0.05) is 44.2 Å². The highest BCUT2D eigenvalue weighted by molar-refractivity contribution is 6.06. The minimum absolute atomic E-state index is 0.197. The number of nitrogens with one attached hydrogen (secondary N) is 1. The number of aromatic nitrogens is 1. The number of hydrogen-bond acceptors (Lipinski definition) is 5. The molecule has 0 saturated heterocycles. The maximum Gasteiger partial charge on any atom is 0.261 e. The lowest BCUT2D eigenvalue weighted by molar-refractivity contribution is 0.102. The molecule has 0 aliphatic carbocycles. The van der Waals surface area contributed by atoms with E-state index in [0.29, 0.717) is 27.9 Å². The SMILES string of the molecule is CCc1cccc(N=c2oc3c(C)ncc(CO)c3cc2C(=O)Nc2ccccc2CC)c1. The highest BCUT2D eigenvalue weighted by Gasteiger charge is 2.17. The predicted molar refractivity (Wildman–Crippen MR) is 129 cm³/mol. The maximum absolute atomic E-state index is 13.4. The molecule has 2 heterocycles. The third-order valence-corrected chi connectivity index (χ3v) is 5.66. The molecular formula is C27H27N3O3. The Bertz CT molecular complexity index is 1390. The van der Waals surface area contributed by atoms with Gasteiger partial charge in [0.1, 0.15) is 5.56 Å². The highest BCUT2D eigenvalue weighted by Crippen LogP contribution is 2.23. The lowest BCUT2D eigenvalue weighted by atomic mass is 10.1. The zero-order valence-electron chi connectivity index (χ0n) is 19.1. The van der Waals surface area contributed by atoms with Gasteiger partial charge < -0.3 is 14.8 Å². The first-order chi connectivity index (χ1) is 16.0. The summed E-state index contributed by atoms with van der Waals surface area (Å²) >= 11 is 0. The summed E-state index contributed by atoms with van der Waals surface area (Å²) in [5.74, 6) is -0.328. The highest BCUT2D eigenvalue weighted by atomic mass is 16.3. The molecule has 4 rings (SSSR count). The quantitative estimate of drug-likeness (QED) is 0.428. The molecule has 0 fully saturated rings. The van der Waals surface area contributed by atoms with Crippen molar-refractivity contribution in [3.8, 4) is 0 Å². The number of nitrogens with zero attached hydrogens (tertiary/aromatic N) is 2. The monoisotopic (exact) mass is 441 g/mol. The van der Waals surface area contributed by atoms with Crippen LogP contribution in [-0.4, -0.2) is 16.0 Å². The van der Waals surface area contributed by atoms with E-state index in [1.54, 1.807) is 12.3 Å². The predicted octanol–water partition coefficient (Wildman–Crippen LogP) is 5.24. The van der Waals surface area contributed by atoms with Crippen LogP contribution in [0.2, 0.25) is 0 Å². The third kappa shape index (κ3) is 4.71. The average Bonchev–Trinajstić information content (AvgIpc) is 2.84. The number of rotatable bonds is 6. The number of carbonyl (C=O) groups is 1. The number of fused-ring (bicyclic) bond motifs is 1. The van der Waals surface area contributed by atoms with Gasteiger partial charge in [0.05, 0.1) is 18.0 Å². The summed E-state index contributed by atoms with van der Waals surface area (Å²) in [6.45, 7) is 5.73. The molecule has 6 heteroatoms. The summed E-state index contributed by atoms with van der Waals surface area (Å²) in [5.41, 5.74) is 5.84. The Morgan fingerprint density at radius 2 is 1.88 bits per heavy atom. The van der Waals surface area contributed by atoms with Gasteiger partial charge in [-0.15, -0.1) is 0 Å². The molecule has 6 nitrogen and oxygen atoms in total. The van der Waals surface area contributed by atoms with Gasteiger partial charge in [-0.2, -0.15) is 0 Å². The van der Waals surface area contributed by atoms with E-state index in [1.165, 1.54) is 0 Å². The Morgan fingerprint density at radius 1 is 1.06 bits per heavy atom. The van der Waals surface area contributed by atoms with Crippen LogP contribution in [-0.2, 0) is 19.4 Å². The van der Waals surface area contributed by atoms with Crippen LogP contribution in [0.3, 0.4) is 0 Å². The summed E-state index contributed by atoms with van der Waals surface area (Å²) in [7, 11) is 0. The van der Waals surface area contributed by atoms with Gasteiger partial charge >= 0.3 is 0 Å². The number of aliphatic hydroxyl groups excluding tert-OH is 1. The van der Waals surface area contributed by atoms with Gasteiger partial charge in [0.15, 0.2) is 5.58 Å². The fraction of sp³-hybridized carbons (Fsp3) is 0.222. The molecule has 2 aromatic carbocycles. The molecule has 4 aromatic rings. The lowest BCUT2D eigenvalue weighted by Crippen LogP contribution is -2.22. The van der Waals surface area contributed by atoms with Crippen molar-refractivity contribution in [3.63, 3.8) is 0 Å². The van der Waals surface area contributed by atoms with Crippen LogP contribution in [0.25, 0.3) is 11.0 Å². The van der Waals surface area contributed by atoms with Crippen molar-refractivity contribution in [2.75, 3.05) is 5.32 Å². The molecule has 0 bridgehead atoms. The summed E-state index contributed by atoms with van der Waals surface area (Å²) in [5, 5.41) is 13.5. The molecule has 0 saturated carbocycles. The maximum atomic E-state index is 13.4. The Labute approximate surface area is 192 Å². The van der Waals surface area contributed by atoms with E-state index < -0.39 is 0 Å². The first kappa shape index (κ1) is 22.4. The number of aryl methyl sites for hydroxylation is 3. The van der Waals surface area contributed by atoms with Crippen LogP contribution < -0.4 is 10.9 Å². The Kier molecular flexibility index (Phi) is 6.66. The molecule has 0 aliphatic heterocycles. The van der Waals surface area contributed by atoms with Crippen molar-refractivity contribution in [1.82, 2.24) is 4.98 Å². The second kappa shape index (κ2) is 9.79. The molecule has 168 valence electrons. The fourth-order valence-electron chi connectivity index (χ4n) is 3.76. The molecule has 33 heavy (non-hydrogen) atoms. The van der Waals surface area contributed by atoms with E-state index in [2.05, 4.69) is 22.2 Å². The number of benzene rings is 2. The molecule has 1 amide bonds. The zero-order chi connectivity index (χ0) is 23.4. The molecule has 2 N–H and O–H groups in total. The molecule has 0 aliphatic rings. The second-order valence-corrected chi connectivity index (χ2v) is 7.84. The Morgan fingerprint density at radius 3 is 2.64 bits per heavy atom. The van der Waals surface area contributed by atoms with Crippen molar-refractivity contribution in [2.24, 2.45) is 4.99 Å². The molecule has 0 unspecified atom stereocenters. The van der Waals surface area contributed by atoms with Crippen LogP contribution >= 0.6 is 0 Å². The van der Waals surface area contributed by atoms with Gasteiger partial charge in [0, 0.05) is 22.8 Å². The minimum Gasteiger partial charge on any atom is -0.436 e. The van der Waals surface area contributed by atoms with Crippen LogP contribution in [0.15, 0.2) is 70.2 Å². The van der Waals surface area contributed by atoms with Crippen LogP contribution in [0, 0.1) is 6.92 Å². The topological polar surface area (TPSA) is 87.7 Å². The normalized spacial score (nSPS) is 11.7. The van der Waals surface area contributed by atoms with E-state index in [4.69, 9.17) is 4.42 Å². The van der Waals surface area contributed by atoms with Crippen molar-refractivity contribution in [2.45, 2.75) is 40.2 Å². The standard InChI is InChI=1S/C27H27N3O3/c1-4-18-9-8-11-21(13-18)29-27-23(26(32)30-24-12-7-6-10-19(24)5-2)14-22-20(16-31)15-28-17(3)25(22)33-27/h6-15,31H,4-5,16H2,1-3H3,(H,30,32). The first-order valence-corrected chi connectivity index (χ1v) is 11.1. The summed E-state index contributed by atoms with van der Waals surface area (Å²) in [4.78, 5) is 22.4. The molecular weight excluding hydrogens is 414 g/mol. The van der Waals surface area contributed by atoms with Crippen LogP contribution in [0.1, 0.15) is 46.6 Å². The van der Waals surface area contributed by atoms with E-state index in [1.807, 2.05) is 62.4 Å². The summed E-state index contributed by atoms with van der Waals surface area (Å²) in [6, 6.07) is 17.3. The number of amides is 1. The molecule has 0 spiro atoms. The van der Waals surface area contributed by atoms with E-state index in [-0.39, 0.29) is 23.6 Å². The average molecular weight is 442 g/mol. The smallest absolute Gasteiger partial charge is 0.261 e. The zero-order valence-corrected chi connectivity index (χ0v) is 19.1. The van der Waals surface area contributed by atoms with Gasteiger partial charge in [-0.25, -0.2) is 4.99 Å². The van der Waals surface area contributed by atoms with Gasteiger partial charge in [0.2, 0.25) is 5.55 Å². The van der Waals surface area contributed by atoms with Crippen LogP contribution in [0.4, 0.5) is 11.4 Å². The van der Waals surface area contributed by atoms with Crippen LogP contribution in [0.5, 0.6) is 0 Å². The summed E-state index contributed by atoms with van der Waals surface area (Å²) in [6.07, 6.45) is 3.27. The van der Waals surface area contributed by atoms with E-state index in [9.17, 15) is 9.90 Å². The van der Waals surface area contributed by atoms with E-state index in [0.717, 1.165) is 29.7 Å². The van der Waals surface area contributed by atoms with Gasteiger partial charge in [-0.05, 0) is 55.2 Å². The first-order valence-electron chi connectivity index (χ1n) is 11.1. The Balaban J connectivity index is 1.93. The molecule has 0 atom stereocenters. The lowest BCUT2D eigenvalue weighted by Gasteiger charge is -2.12. The number of aliphatic hydroxyl groups is 1. The minimum atomic E-state index is -0.328. The van der Waals surface area contributed by atoms with Crippen molar-refractivity contribution in [3.05, 3.63) is 94.3 Å². The summed E-state index contributed by atoms with van der Waals surface area (Å²) < 4.78 is 6.16. The second-order valence-electron chi connectivity index (χ2n) is 7.84. The van der Waals surface area contributed by atoms with Gasteiger partial charge in [0.25, 0.3) is 5.91 Å². The molecule has 2 aromatic heterocycles. The number of hydrogen-bond donors (Lipinski definition) is 2. The van der Waals surface area contributed by atoms with Gasteiger partial charge in [-0.3, -0.25) is 9.78 Å². The third-order valence-electron chi connectivity index (χ3n) is 5.66. The number of anilines is 1.